The van der Waals surface area contributed by atoms with E-state index in [4.69, 9.17) is 0 Å². The lowest BCUT2D eigenvalue weighted by atomic mass is 10.0. The summed E-state index contributed by atoms with van der Waals surface area (Å²) in [6.45, 7) is 12.5. The number of likely N-dealkylation sites (N-methyl/N-ethyl adjacent to an activating group) is 1. The molecule has 0 spiro atoms. The maximum absolute atomic E-state index is 14.0. The number of amides is 1. The molecule has 1 aliphatic heterocycles. The van der Waals surface area contributed by atoms with E-state index in [-0.39, 0.29) is 5.92 Å². The van der Waals surface area contributed by atoms with Crippen LogP contribution in [0.2, 0.25) is 0 Å². The average molecular weight is 477 g/mol. The first kappa shape index (κ1) is 25.1. The third-order valence-corrected chi connectivity index (χ3v) is 7.48. The Morgan fingerprint density at radius 1 is 1.09 bits per heavy atom. The fourth-order valence-corrected chi connectivity index (χ4v) is 5.33. The molecule has 1 fully saturated rings. The second-order valence-electron chi connectivity index (χ2n) is 8.68. The number of hydrogen-bond acceptors (Lipinski definition) is 5. The Morgan fingerprint density at radius 2 is 1.76 bits per heavy atom. The highest BCUT2D eigenvalue weighted by Gasteiger charge is 2.30. The van der Waals surface area contributed by atoms with Crippen molar-refractivity contribution in [2.24, 2.45) is 5.92 Å². The van der Waals surface area contributed by atoms with Crippen molar-refractivity contribution in [1.29, 1.82) is 0 Å². The Labute approximate surface area is 196 Å². The lowest BCUT2D eigenvalue weighted by Gasteiger charge is -2.35. The molecule has 0 saturated carbocycles. The summed E-state index contributed by atoms with van der Waals surface area (Å²) in [5.41, 5.74) is 2.60. The van der Waals surface area contributed by atoms with Gasteiger partial charge in [-0.05, 0) is 55.3 Å². The van der Waals surface area contributed by atoms with Gasteiger partial charge in [-0.1, -0.05) is 32.9 Å². The largest absolute Gasteiger partial charge is 0.369 e. The number of anilines is 2. The topological polar surface area (TPSA) is 81.8 Å². The Balaban J connectivity index is 1.72. The number of halogens is 1. The van der Waals surface area contributed by atoms with E-state index in [0.717, 1.165) is 50.0 Å². The first-order chi connectivity index (χ1) is 15.6. The molecule has 2 aromatic carbocycles. The SMILES string of the molecule is CCN1CCN(c2ccc(NC(=O)[C@@H](NS(=O)(=O)c3ccccc3F)C(C)C)c(C)c2)CC1. The third kappa shape index (κ3) is 6.10. The van der Waals surface area contributed by atoms with Crippen LogP contribution in [0.1, 0.15) is 26.3 Å². The van der Waals surface area contributed by atoms with Crippen LogP contribution in [-0.2, 0) is 14.8 Å². The van der Waals surface area contributed by atoms with E-state index in [1.54, 1.807) is 13.8 Å². The number of piperazine rings is 1. The zero-order chi connectivity index (χ0) is 24.2. The standard InChI is InChI=1S/C24H33FN4O3S/c1-5-28-12-14-29(15-13-28)19-10-11-21(18(4)16-19)26-24(30)23(17(2)3)27-33(31,32)22-9-7-6-8-20(22)25/h6-11,16-17,23,27H,5,12-15H2,1-4H3,(H,26,30)/t23-/m0/s1. The fourth-order valence-electron chi connectivity index (χ4n) is 3.90. The highest BCUT2D eigenvalue weighted by atomic mass is 32.2. The predicted molar refractivity (Wildman–Crippen MR) is 129 cm³/mol. The molecule has 1 aliphatic rings. The number of aryl methyl sites for hydroxylation is 1. The first-order valence-corrected chi connectivity index (χ1v) is 12.8. The van der Waals surface area contributed by atoms with Gasteiger partial charge in [0.1, 0.15) is 16.8 Å². The number of benzene rings is 2. The van der Waals surface area contributed by atoms with Crippen molar-refractivity contribution in [3.8, 4) is 0 Å². The van der Waals surface area contributed by atoms with E-state index in [9.17, 15) is 17.6 Å². The van der Waals surface area contributed by atoms with Crippen LogP contribution in [0, 0.1) is 18.7 Å². The predicted octanol–water partition coefficient (Wildman–Crippen LogP) is 3.22. The Hall–Kier alpha value is -2.49. The fraction of sp³-hybridized carbons (Fsp3) is 0.458. The molecule has 0 aliphatic carbocycles. The van der Waals surface area contributed by atoms with Crippen LogP contribution in [0.25, 0.3) is 0 Å². The minimum absolute atomic E-state index is 0.346. The summed E-state index contributed by atoms with van der Waals surface area (Å²) < 4.78 is 41.8. The lowest BCUT2D eigenvalue weighted by Crippen LogP contribution is -2.47. The molecule has 0 aromatic heterocycles. The van der Waals surface area contributed by atoms with Gasteiger partial charge in [0, 0.05) is 37.6 Å². The number of carbonyl (C=O) groups excluding carboxylic acids is 1. The Bertz CT molecular complexity index is 1080. The molecule has 3 rings (SSSR count). The first-order valence-electron chi connectivity index (χ1n) is 11.3. The highest BCUT2D eigenvalue weighted by Crippen LogP contribution is 2.24. The molecule has 1 heterocycles. The molecule has 1 atom stereocenters. The Morgan fingerprint density at radius 3 is 2.33 bits per heavy atom. The van der Waals surface area contributed by atoms with Crippen LogP contribution in [0.5, 0.6) is 0 Å². The Kier molecular flexibility index (Phi) is 8.10. The van der Waals surface area contributed by atoms with E-state index in [1.165, 1.54) is 18.2 Å². The molecular formula is C24H33FN4O3S. The van der Waals surface area contributed by atoms with Gasteiger partial charge in [-0.25, -0.2) is 12.8 Å². The third-order valence-electron chi connectivity index (χ3n) is 6.01. The minimum Gasteiger partial charge on any atom is -0.369 e. The van der Waals surface area contributed by atoms with Gasteiger partial charge in [0.25, 0.3) is 0 Å². The van der Waals surface area contributed by atoms with Gasteiger partial charge in [0.2, 0.25) is 15.9 Å². The summed E-state index contributed by atoms with van der Waals surface area (Å²) in [7, 11) is -4.21. The second kappa shape index (κ2) is 10.6. The summed E-state index contributed by atoms with van der Waals surface area (Å²) >= 11 is 0. The highest BCUT2D eigenvalue weighted by molar-refractivity contribution is 7.89. The van der Waals surface area contributed by atoms with Gasteiger partial charge in [-0.2, -0.15) is 4.72 Å². The summed E-state index contributed by atoms with van der Waals surface area (Å²) in [5.74, 6) is -1.70. The zero-order valence-electron chi connectivity index (χ0n) is 19.6. The lowest BCUT2D eigenvalue weighted by molar-refractivity contribution is -0.118. The summed E-state index contributed by atoms with van der Waals surface area (Å²) in [6.07, 6.45) is 0. The summed E-state index contributed by atoms with van der Waals surface area (Å²) in [5, 5.41) is 2.84. The number of rotatable bonds is 8. The van der Waals surface area contributed by atoms with E-state index >= 15 is 0 Å². The number of sulfonamides is 1. The molecule has 1 saturated heterocycles. The van der Waals surface area contributed by atoms with Crippen molar-refractivity contribution < 1.29 is 17.6 Å². The van der Waals surface area contributed by atoms with Gasteiger partial charge >= 0.3 is 0 Å². The summed E-state index contributed by atoms with van der Waals surface area (Å²) in [6, 6.07) is 9.89. The quantitative estimate of drug-likeness (QED) is 0.612. The zero-order valence-corrected chi connectivity index (χ0v) is 20.5. The van der Waals surface area contributed by atoms with E-state index in [2.05, 4.69) is 26.8 Å². The molecule has 180 valence electrons. The second-order valence-corrected chi connectivity index (χ2v) is 10.4. The maximum atomic E-state index is 14.0. The number of nitrogens with zero attached hydrogens (tertiary/aromatic N) is 2. The molecule has 33 heavy (non-hydrogen) atoms. The van der Waals surface area contributed by atoms with Crippen LogP contribution in [-0.4, -0.2) is 58.0 Å². The molecule has 0 radical (unpaired) electrons. The average Bonchev–Trinajstić information content (AvgIpc) is 2.79. The van der Waals surface area contributed by atoms with E-state index in [0.29, 0.717) is 5.69 Å². The van der Waals surface area contributed by atoms with Gasteiger partial charge in [0.05, 0.1) is 0 Å². The monoisotopic (exact) mass is 476 g/mol. The van der Waals surface area contributed by atoms with Crippen LogP contribution in [0.15, 0.2) is 47.4 Å². The van der Waals surface area contributed by atoms with Crippen LogP contribution < -0.4 is 14.9 Å². The van der Waals surface area contributed by atoms with Crippen molar-refractivity contribution in [2.75, 3.05) is 42.9 Å². The molecule has 2 aromatic rings. The number of carbonyl (C=O) groups is 1. The van der Waals surface area contributed by atoms with Crippen LogP contribution >= 0.6 is 0 Å². The van der Waals surface area contributed by atoms with Crippen molar-refractivity contribution in [3.05, 3.63) is 53.8 Å². The van der Waals surface area contributed by atoms with Gasteiger partial charge < -0.3 is 15.1 Å². The normalized spacial score (nSPS) is 16.1. The van der Waals surface area contributed by atoms with E-state index < -0.39 is 32.7 Å². The molecule has 7 nitrogen and oxygen atoms in total. The molecule has 0 bridgehead atoms. The van der Waals surface area contributed by atoms with E-state index in [1.807, 2.05) is 25.1 Å². The molecule has 9 heteroatoms. The molecule has 1 amide bonds. The number of hydrogen-bond donors (Lipinski definition) is 2. The number of nitrogens with one attached hydrogen (secondary N) is 2. The van der Waals surface area contributed by atoms with Gasteiger partial charge in [0.15, 0.2) is 0 Å². The van der Waals surface area contributed by atoms with Gasteiger partial charge in [-0.15, -0.1) is 0 Å². The molecule has 0 unspecified atom stereocenters. The molecule has 2 N–H and O–H groups in total. The minimum atomic E-state index is -4.21. The maximum Gasteiger partial charge on any atom is 0.244 e. The summed E-state index contributed by atoms with van der Waals surface area (Å²) in [4.78, 5) is 17.3. The van der Waals surface area contributed by atoms with Crippen LogP contribution in [0.3, 0.4) is 0 Å². The van der Waals surface area contributed by atoms with Crippen molar-refractivity contribution in [3.63, 3.8) is 0 Å². The smallest absolute Gasteiger partial charge is 0.244 e. The van der Waals surface area contributed by atoms with Crippen molar-refractivity contribution in [2.45, 2.75) is 38.6 Å². The molecular weight excluding hydrogens is 443 g/mol. The van der Waals surface area contributed by atoms with Crippen molar-refractivity contribution >= 4 is 27.3 Å². The van der Waals surface area contributed by atoms with Gasteiger partial charge in [-0.3, -0.25) is 4.79 Å². The van der Waals surface area contributed by atoms with Crippen molar-refractivity contribution in [1.82, 2.24) is 9.62 Å². The van der Waals surface area contributed by atoms with Crippen LogP contribution in [0.4, 0.5) is 15.8 Å².